The number of carbonyl (C=O) groups is 1. The number of amides is 1. The van der Waals surface area contributed by atoms with E-state index >= 15 is 0 Å². The Morgan fingerprint density at radius 1 is 1.24 bits per heavy atom. The highest BCUT2D eigenvalue weighted by molar-refractivity contribution is 5.76. The van der Waals surface area contributed by atoms with Crippen LogP contribution in [-0.2, 0) is 9.53 Å². The van der Waals surface area contributed by atoms with Crippen LogP contribution in [0.25, 0.3) is 0 Å². The van der Waals surface area contributed by atoms with Crippen molar-refractivity contribution in [1.29, 1.82) is 0 Å². The van der Waals surface area contributed by atoms with Gasteiger partial charge >= 0.3 is 0 Å². The van der Waals surface area contributed by atoms with Crippen LogP contribution in [0.15, 0.2) is 12.4 Å². The second-order valence-electron chi connectivity index (χ2n) is 6.45. The van der Waals surface area contributed by atoms with Crippen LogP contribution >= 0.6 is 0 Å². The molecule has 0 atom stereocenters. The fourth-order valence-electron chi connectivity index (χ4n) is 3.26. The molecular weight excluding hydrogens is 322 g/mol. The number of nitrogens with zero attached hydrogens (tertiary/aromatic N) is 4. The van der Waals surface area contributed by atoms with E-state index in [9.17, 15) is 4.79 Å². The normalized spacial score (nSPS) is 20.4. The zero-order chi connectivity index (χ0) is 17.5. The molecule has 1 amide bonds. The van der Waals surface area contributed by atoms with Gasteiger partial charge in [-0.05, 0) is 12.8 Å². The third-order valence-electron chi connectivity index (χ3n) is 4.80. The molecule has 1 aromatic rings. The van der Waals surface area contributed by atoms with Crippen molar-refractivity contribution >= 4 is 11.7 Å². The largest absolute Gasteiger partial charge is 0.481 e. The van der Waals surface area contributed by atoms with Crippen LogP contribution in [-0.4, -0.2) is 84.8 Å². The second-order valence-corrected chi connectivity index (χ2v) is 6.45. The number of anilines is 1. The Balaban J connectivity index is 1.40. The molecule has 3 heterocycles. The third-order valence-corrected chi connectivity index (χ3v) is 4.80. The maximum absolute atomic E-state index is 12.0. The van der Waals surface area contributed by atoms with Gasteiger partial charge < -0.3 is 24.6 Å². The van der Waals surface area contributed by atoms with E-state index in [1.54, 1.807) is 7.11 Å². The summed E-state index contributed by atoms with van der Waals surface area (Å²) in [6.45, 7) is 5.70. The van der Waals surface area contributed by atoms with E-state index < -0.39 is 0 Å². The van der Waals surface area contributed by atoms with Crippen molar-refractivity contribution in [3.05, 3.63) is 12.4 Å². The smallest absolute Gasteiger partial charge is 0.225 e. The van der Waals surface area contributed by atoms with Crippen molar-refractivity contribution in [2.75, 3.05) is 58.4 Å². The molecule has 2 saturated heterocycles. The summed E-state index contributed by atoms with van der Waals surface area (Å²) in [6.07, 6.45) is 4.14. The third kappa shape index (κ3) is 5.27. The average Bonchev–Trinajstić information content (AvgIpc) is 2.85. The average molecular weight is 349 g/mol. The maximum Gasteiger partial charge on any atom is 0.225 e. The van der Waals surface area contributed by atoms with E-state index in [1.807, 2.05) is 11.0 Å². The Morgan fingerprint density at radius 2 is 2.08 bits per heavy atom. The SMILES string of the molecule is COc1cc(NC2CCN(CCN3CCOCCC3=O)CC2)ncn1. The molecule has 0 unspecified atom stereocenters. The van der Waals surface area contributed by atoms with Crippen LogP contribution in [0.2, 0.25) is 0 Å². The fourth-order valence-corrected chi connectivity index (χ4v) is 3.26. The Hall–Kier alpha value is -1.93. The predicted molar refractivity (Wildman–Crippen MR) is 93.7 cm³/mol. The second kappa shape index (κ2) is 8.96. The first-order chi connectivity index (χ1) is 12.2. The number of rotatable bonds is 6. The van der Waals surface area contributed by atoms with Crippen molar-refractivity contribution in [2.24, 2.45) is 0 Å². The van der Waals surface area contributed by atoms with Crippen molar-refractivity contribution in [2.45, 2.75) is 25.3 Å². The van der Waals surface area contributed by atoms with Crippen LogP contribution in [0.5, 0.6) is 5.88 Å². The zero-order valence-corrected chi connectivity index (χ0v) is 14.8. The number of methoxy groups -OCH3 is 1. The van der Waals surface area contributed by atoms with Gasteiger partial charge in [0, 0.05) is 44.8 Å². The molecule has 0 radical (unpaired) electrons. The standard InChI is InChI=1S/C17H27N5O3/c1-24-16-12-15(18-13-19-16)20-14-2-5-21(6-3-14)7-8-22-9-11-25-10-4-17(22)23/h12-14H,2-11H2,1H3,(H,18,19,20). The summed E-state index contributed by atoms with van der Waals surface area (Å²) < 4.78 is 10.5. The van der Waals surface area contributed by atoms with Gasteiger partial charge in [0.05, 0.1) is 26.7 Å². The van der Waals surface area contributed by atoms with Gasteiger partial charge in [0.1, 0.15) is 12.1 Å². The molecule has 3 rings (SSSR count). The van der Waals surface area contributed by atoms with Gasteiger partial charge in [-0.25, -0.2) is 9.97 Å². The highest BCUT2D eigenvalue weighted by Gasteiger charge is 2.22. The van der Waals surface area contributed by atoms with E-state index in [-0.39, 0.29) is 5.91 Å². The molecule has 2 fully saturated rings. The first kappa shape index (κ1) is 17.9. The van der Waals surface area contributed by atoms with Crippen molar-refractivity contribution in [3.8, 4) is 5.88 Å². The molecule has 0 saturated carbocycles. The molecule has 0 aliphatic carbocycles. The number of likely N-dealkylation sites (tertiary alicyclic amines) is 1. The Labute approximate surface area is 148 Å². The van der Waals surface area contributed by atoms with Gasteiger partial charge in [-0.2, -0.15) is 0 Å². The number of ether oxygens (including phenoxy) is 2. The lowest BCUT2D eigenvalue weighted by atomic mass is 10.1. The van der Waals surface area contributed by atoms with Gasteiger partial charge in [-0.1, -0.05) is 0 Å². The molecule has 8 heteroatoms. The predicted octanol–water partition coefficient (Wildman–Crippen LogP) is 0.610. The summed E-state index contributed by atoms with van der Waals surface area (Å²) in [5.41, 5.74) is 0. The Morgan fingerprint density at radius 3 is 2.88 bits per heavy atom. The summed E-state index contributed by atoms with van der Waals surface area (Å²) in [4.78, 5) is 24.6. The van der Waals surface area contributed by atoms with Crippen molar-refractivity contribution in [3.63, 3.8) is 0 Å². The lowest BCUT2D eigenvalue weighted by Crippen LogP contribution is -2.44. The van der Waals surface area contributed by atoms with Crippen LogP contribution in [0.1, 0.15) is 19.3 Å². The first-order valence-electron chi connectivity index (χ1n) is 8.95. The molecular formula is C17H27N5O3. The number of aromatic nitrogens is 2. The molecule has 0 bridgehead atoms. The van der Waals surface area contributed by atoms with Crippen molar-refractivity contribution < 1.29 is 14.3 Å². The minimum atomic E-state index is 0.215. The van der Waals surface area contributed by atoms with Crippen LogP contribution in [0.4, 0.5) is 5.82 Å². The molecule has 0 aromatic carbocycles. The summed E-state index contributed by atoms with van der Waals surface area (Å²) in [5, 5.41) is 3.46. The lowest BCUT2D eigenvalue weighted by molar-refractivity contribution is -0.130. The molecule has 0 spiro atoms. The molecule has 138 valence electrons. The van der Waals surface area contributed by atoms with E-state index in [4.69, 9.17) is 9.47 Å². The topological polar surface area (TPSA) is 79.8 Å². The van der Waals surface area contributed by atoms with Gasteiger partial charge in [0.2, 0.25) is 11.8 Å². The maximum atomic E-state index is 12.0. The van der Waals surface area contributed by atoms with E-state index in [0.29, 0.717) is 38.1 Å². The zero-order valence-electron chi connectivity index (χ0n) is 14.8. The van der Waals surface area contributed by atoms with Gasteiger partial charge in [0.25, 0.3) is 0 Å². The number of piperidine rings is 1. The summed E-state index contributed by atoms with van der Waals surface area (Å²) >= 11 is 0. The Bertz CT molecular complexity index is 563. The molecule has 2 aliphatic heterocycles. The molecule has 25 heavy (non-hydrogen) atoms. The van der Waals surface area contributed by atoms with Crippen LogP contribution < -0.4 is 10.1 Å². The van der Waals surface area contributed by atoms with E-state index in [2.05, 4.69) is 20.2 Å². The summed E-state index contributed by atoms with van der Waals surface area (Å²) in [5.74, 6) is 1.59. The summed E-state index contributed by atoms with van der Waals surface area (Å²) in [6, 6.07) is 2.23. The van der Waals surface area contributed by atoms with E-state index in [0.717, 1.165) is 44.8 Å². The Kier molecular flexibility index (Phi) is 6.41. The fraction of sp³-hybridized carbons (Fsp3) is 0.706. The lowest BCUT2D eigenvalue weighted by Gasteiger charge is -2.33. The van der Waals surface area contributed by atoms with Gasteiger partial charge in [-0.3, -0.25) is 4.79 Å². The molecule has 1 aromatic heterocycles. The molecule has 2 aliphatic rings. The number of nitrogens with one attached hydrogen (secondary N) is 1. The van der Waals surface area contributed by atoms with Crippen LogP contribution in [0.3, 0.4) is 0 Å². The number of hydrogen-bond donors (Lipinski definition) is 1. The van der Waals surface area contributed by atoms with Gasteiger partial charge in [-0.15, -0.1) is 0 Å². The highest BCUT2D eigenvalue weighted by atomic mass is 16.5. The minimum absolute atomic E-state index is 0.215. The molecule has 8 nitrogen and oxygen atoms in total. The van der Waals surface area contributed by atoms with E-state index in [1.165, 1.54) is 6.33 Å². The van der Waals surface area contributed by atoms with Crippen molar-refractivity contribution in [1.82, 2.24) is 19.8 Å². The number of carbonyl (C=O) groups excluding carboxylic acids is 1. The highest BCUT2D eigenvalue weighted by Crippen LogP contribution is 2.17. The first-order valence-corrected chi connectivity index (χ1v) is 8.95. The van der Waals surface area contributed by atoms with Gasteiger partial charge in [0.15, 0.2) is 0 Å². The monoisotopic (exact) mass is 349 g/mol. The quantitative estimate of drug-likeness (QED) is 0.806. The minimum Gasteiger partial charge on any atom is -0.481 e. The van der Waals surface area contributed by atoms with Crippen LogP contribution in [0, 0.1) is 0 Å². The summed E-state index contributed by atoms with van der Waals surface area (Å²) in [7, 11) is 1.60. The number of hydrogen-bond acceptors (Lipinski definition) is 7. The molecule has 1 N–H and O–H groups in total.